The molecule has 13 heavy (non-hydrogen) atoms. The minimum Gasteiger partial charge on any atom is -0.504 e. The molecule has 5 heteroatoms. The van der Waals surface area contributed by atoms with E-state index in [0.29, 0.717) is 0 Å². The Hall–Kier alpha value is -1.15. The van der Waals surface area contributed by atoms with E-state index in [9.17, 15) is 8.78 Å². The van der Waals surface area contributed by atoms with Gasteiger partial charge in [0.1, 0.15) is 5.82 Å². The highest BCUT2D eigenvalue weighted by atomic mass is 79.9. The maximum atomic E-state index is 13.0. The van der Waals surface area contributed by atoms with E-state index in [4.69, 9.17) is 10.4 Å². The van der Waals surface area contributed by atoms with Gasteiger partial charge < -0.3 is 5.11 Å². The lowest BCUT2D eigenvalue weighted by Crippen LogP contribution is -1.95. The third-order valence-electron chi connectivity index (χ3n) is 1.50. The van der Waals surface area contributed by atoms with Gasteiger partial charge in [0.15, 0.2) is 11.6 Å². The second-order valence-corrected chi connectivity index (χ2v) is 3.17. The Morgan fingerprint density at radius 3 is 2.69 bits per heavy atom. The van der Waals surface area contributed by atoms with Crippen molar-refractivity contribution in [2.45, 2.75) is 6.42 Å². The smallest absolute Gasteiger partial charge is 0.173 e. The molecule has 0 spiro atoms. The molecule has 0 bridgehead atoms. The third-order valence-corrected chi connectivity index (χ3v) is 2.10. The number of nitrogens with zero attached hydrogens (tertiary/aromatic N) is 1. The fourth-order valence-electron chi connectivity index (χ4n) is 0.860. The average Bonchev–Trinajstić information content (AvgIpc) is 2.09. The quantitative estimate of drug-likeness (QED) is 0.829. The molecule has 0 saturated heterocycles. The molecule has 1 rings (SSSR count). The fraction of sp³-hybridized carbons (Fsp3) is 0.125. The van der Waals surface area contributed by atoms with Crippen molar-refractivity contribution < 1.29 is 13.9 Å². The summed E-state index contributed by atoms with van der Waals surface area (Å²) in [7, 11) is 0. The standard InChI is InChI=1S/C8H4BrF2NO/c9-5-3-6(10)4(1-2-12)7(11)8(5)13/h3,13H,1H2. The van der Waals surface area contributed by atoms with Crippen LogP contribution >= 0.6 is 15.9 Å². The van der Waals surface area contributed by atoms with Crippen LogP contribution in [0.2, 0.25) is 0 Å². The first kappa shape index (κ1) is 9.93. The molecule has 0 aliphatic rings. The summed E-state index contributed by atoms with van der Waals surface area (Å²) in [6, 6.07) is 2.53. The molecule has 1 aromatic carbocycles. The van der Waals surface area contributed by atoms with Crippen LogP contribution in [-0.4, -0.2) is 5.11 Å². The molecule has 0 aliphatic heterocycles. The third kappa shape index (κ3) is 1.78. The van der Waals surface area contributed by atoms with E-state index in [0.717, 1.165) is 6.07 Å². The Labute approximate surface area is 81.5 Å². The Kier molecular flexibility index (Phi) is 2.83. The van der Waals surface area contributed by atoms with E-state index in [1.165, 1.54) is 0 Å². The highest BCUT2D eigenvalue weighted by Gasteiger charge is 2.16. The second kappa shape index (κ2) is 3.71. The summed E-state index contributed by atoms with van der Waals surface area (Å²) in [5.41, 5.74) is -0.414. The number of phenolic OH excluding ortho intramolecular Hbond substituents is 1. The minimum absolute atomic E-state index is 0.0656. The van der Waals surface area contributed by atoms with Crippen LogP contribution in [0, 0.1) is 23.0 Å². The highest BCUT2D eigenvalue weighted by molar-refractivity contribution is 9.10. The van der Waals surface area contributed by atoms with Gasteiger partial charge in [0.25, 0.3) is 0 Å². The Balaban J connectivity index is 3.36. The lowest BCUT2D eigenvalue weighted by atomic mass is 10.1. The SMILES string of the molecule is N#CCc1c(F)cc(Br)c(O)c1F. The molecule has 0 fully saturated rings. The van der Waals surface area contributed by atoms with Crippen molar-refractivity contribution in [1.29, 1.82) is 5.26 Å². The van der Waals surface area contributed by atoms with Crippen LogP contribution in [0.15, 0.2) is 10.5 Å². The van der Waals surface area contributed by atoms with Gasteiger partial charge in [0, 0.05) is 5.56 Å². The van der Waals surface area contributed by atoms with Gasteiger partial charge in [-0.2, -0.15) is 5.26 Å². The Bertz CT molecular complexity index is 387. The monoisotopic (exact) mass is 247 g/mol. The molecule has 68 valence electrons. The predicted octanol–water partition coefficient (Wildman–Crippen LogP) is 2.50. The van der Waals surface area contributed by atoms with Crippen LogP contribution in [-0.2, 0) is 6.42 Å². The van der Waals surface area contributed by atoms with Crippen molar-refractivity contribution in [2.24, 2.45) is 0 Å². The van der Waals surface area contributed by atoms with E-state index in [1.807, 2.05) is 0 Å². The second-order valence-electron chi connectivity index (χ2n) is 2.32. The molecule has 0 radical (unpaired) electrons. The number of aromatic hydroxyl groups is 1. The lowest BCUT2D eigenvalue weighted by Gasteiger charge is -2.04. The van der Waals surface area contributed by atoms with E-state index in [1.54, 1.807) is 6.07 Å². The zero-order valence-electron chi connectivity index (χ0n) is 6.31. The van der Waals surface area contributed by atoms with Crippen LogP contribution in [0.3, 0.4) is 0 Å². The summed E-state index contributed by atoms with van der Waals surface area (Å²) in [5.74, 6) is -2.61. The minimum atomic E-state index is -1.09. The molecule has 0 aromatic heterocycles. The van der Waals surface area contributed by atoms with Gasteiger partial charge in [-0.15, -0.1) is 0 Å². The van der Waals surface area contributed by atoms with Crippen LogP contribution in [0.1, 0.15) is 5.56 Å². The molecule has 1 aromatic rings. The Morgan fingerprint density at radius 1 is 1.54 bits per heavy atom. The van der Waals surface area contributed by atoms with Crippen molar-refractivity contribution in [2.75, 3.05) is 0 Å². The van der Waals surface area contributed by atoms with Gasteiger partial charge in [-0.05, 0) is 22.0 Å². The molecule has 0 amide bonds. The van der Waals surface area contributed by atoms with Crippen LogP contribution < -0.4 is 0 Å². The number of rotatable bonds is 1. The van der Waals surface area contributed by atoms with Gasteiger partial charge >= 0.3 is 0 Å². The Morgan fingerprint density at radius 2 is 2.15 bits per heavy atom. The fourth-order valence-corrected chi connectivity index (χ4v) is 1.24. The number of phenols is 1. The van der Waals surface area contributed by atoms with E-state index < -0.39 is 29.4 Å². The molecule has 0 heterocycles. The van der Waals surface area contributed by atoms with Crippen LogP contribution in [0.5, 0.6) is 5.75 Å². The average molecular weight is 248 g/mol. The molecule has 0 saturated carbocycles. The summed E-state index contributed by atoms with van der Waals surface area (Å²) in [5, 5.41) is 17.3. The topological polar surface area (TPSA) is 44.0 Å². The van der Waals surface area contributed by atoms with Gasteiger partial charge in [-0.3, -0.25) is 0 Å². The zero-order chi connectivity index (χ0) is 10.0. The summed E-state index contributed by atoms with van der Waals surface area (Å²) in [6.07, 6.45) is -0.404. The molecular formula is C8H4BrF2NO. The summed E-state index contributed by atoms with van der Waals surface area (Å²) >= 11 is 2.77. The molecule has 0 aliphatic carbocycles. The predicted molar refractivity (Wildman–Crippen MR) is 45.0 cm³/mol. The van der Waals surface area contributed by atoms with Gasteiger partial charge in [0.05, 0.1) is 17.0 Å². The van der Waals surface area contributed by atoms with Gasteiger partial charge in [-0.25, -0.2) is 8.78 Å². The van der Waals surface area contributed by atoms with Crippen molar-refractivity contribution in [3.63, 3.8) is 0 Å². The van der Waals surface area contributed by atoms with Gasteiger partial charge in [0.2, 0.25) is 0 Å². The molecule has 2 nitrogen and oxygen atoms in total. The van der Waals surface area contributed by atoms with Crippen molar-refractivity contribution in [3.05, 3.63) is 27.7 Å². The number of hydrogen-bond donors (Lipinski definition) is 1. The normalized spacial score (nSPS) is 9.69. The van der Waals surface area contributed by atoms with E-state index in [-0.39, 0.29) is 4.47 Å². The highest BCUT2D eigenvalue weighted by Crippen LogP contribution is 2.31. The first-order chi connectivity index (χ1) is 6.07. The van der Waals surface area contributed by atoms with Crippen LogP contribution in [0.4, 0.5) is 8.78 Å². The molecular weight excluding hydrogens is 244 g/mol. The first-order valence-corrected chi connectivity index (χ1v) is 4.09. The van der Waals surface area contributed by atoms with Crippen molar-refractivity contribution in [1.82, 2.24) is 0 Å². The summed E-state index contributed by atoms with van der Waals surface area (Å²) in [4.78, 5) is 0. The first-order valence-electron chi connectivity index (χ1n) is 3.30. The number of nitriles is 1. The lowest BCUT2D eigenvalue weighted by molar-refractivity contribution is 0.420. The van der Waals surface area contributed by atoms with Crippen molar-refractivity contribution in [3.8, 4) is 11.8 Å². The number of halogens is 3. The number of benzene rings is 1. The summed E-state index contributed by atoms with van der Waals surface area (Å²) in [6.45, 7) is 0. The van der Waals surface area contributed by atoms with Gasteiger partial charge in [-0.1, -0.05) is 0 Å². The van der Waals surface area contributed by atoms with Crippen LogP contribution in [0.25, 0.3) is 0 Å². The van der Waals surface area contributed by atoms with E-state index in [2.05, 4.69) is 15.9 Å². The molecule has 1 N–H and O–H groups in total. The zero-order valence-corrected chi connectivity index (χ0v) is 7.90. The molecule has 0 unspecified atom stereocenters. The molecule has 0 atom stereocenters. The summed E-state index contributed by atoms with van der Waals surface area (Å²) < 4.78 is 25.9. The largest absolute Gasteiger partial charge is 0.504 e. The van der Waals surface area contributed by atoms with E-state index >= 15 is 0 Å². The maximum absolute atomic E-state index is 13.0. The van der Waals surface area contributed by atoms with Crippen molar-refractivity contribution >= 4 is 15.9 Å². The number of hydrogen-bond acceptors (Lipinski definition) is 2. The maximum Gasteiger partial charge on any atom is 0.173 e.